The molecule has 1 unspecified atom stereocenters. The lowest BCUT2D eigenvalue weighted by molar-refractivity contribution is 0.116. The van der Waals surface area contributed by atoms with Crippen molar-refractivity contribution in [2.75, 3.05) is 45.2 Å². The molecule has 1 aliphatic rings. The quantitative estimate of drug-likeness (QED) is 0.393. The molecule has 2 aromatic rings. The first-order valence-corrected chi connectivity index (χ1v) is 12.6. The van der Waals surface area contributed by atoms with Gasteiger partial charge in [-0.3, -0.25) is 10.3 Å². The summed E-state index contributed by atoms with van der Waals surface area (Å²) < 4.78 is 32.6. The lowest BCUT2D eigenvalue weighted by Gasteiger charge is -2.23. The third-order valence-electron chi connectivity index (χ3n) is 5.93. The molecule has 3 N–H and O–H groups in total. The average Bonchev–Trinajstić information content (AvgIpc) is 3.17. The Hall–Kier alpha value is -2.95. The van der Waals surface area contributed by atoms with Crippen molar-refractivity contribution in [3.63, 3.8) is 0 Å². The fourth-order valence-electron chi connectivity index (χ4n) is 3.72. The van der Waals surface area contributed by atoms with E-state index in [-0.39, 0.29) is 16.8 Å². The van der Waals surface area contributed by atoms with Gasteiger partial charge in [-0.05, 0) is 54.9 Å². The standard InChI is InChI=1S/C24H33N5O4S/c1-17(2)18-7-11-22(12-8-18)34(31,32)28(4)14-13-27(3)15-21-16-29(24(30)33-21)20-9-5-19(6-10-20)23(25)26/h5-12,17,21H,13-16H2,1-4H3,(H3,25,26). The summed E-state index contributed by atoms with van der Waals surface area (Å²) >= 11 is 0. The summed E-state index contributed by atoms with van der Waals surface area (Å²) in [5.41, 5.74) is 7.83. The molecular weight excluding hydrogens is 454 g/mol. The SMILES string of the molecule is CC(C)c1ccc(S(=O)(=O)N(C)CCN(C)CC2CN(c3ccc(C(=N)N)cc3)C(=O)O2)cc1. The van der Waals surface area contributed by atoms with Crippen LogP contribution in [0.2, 0.25) is 0 Å². The number of nitrogens with one attached hydrogen (secondary N) is 1. The van der Waals surface area contributed by atoms with Gasteiger partial charge >= 0.3 is 6.09 Å². The number of amides is 1. The number of cyclic esters (lactones) is 1. The van der Waals surface area contributed by atoms with Crippen molar-refractivity contribution in [1.82, 2.24) is 9.21 Å². The molecule has 184 valence electrons. The number of nitrogens with two attached hydrogens (primary N) is 1. The minimum absolute atomic E-state index is 0.0328. The minimum Gasteiger partial charge on any atom is -0.443 e. The van der Waals surface area contributed by atoms with Gasteiger partial charge in [-0.15, -0.1) is 0 Å². The average molecular weight is 488 g/mol. The number of anilines is 1. The number of rotatable bonds is 10. The first-order valence-electron chi connectivity index (χ1n) is 11.2. The van der Waals surface area contributed by atoms with E-state index in [9.17, 15) is 13.2 Å². The van der Waals surface area contributed by atoms with E-state index < -0.39 is 16.1 Å². The summed E-state index contributed by atoms with van der Waals surface area (Å²) in [7, 11) is -0.137. The summed E-state index contributed by atoms with van der Waals surface area (Å²) in [5, 5.41) is 7.47. The van der Waals surface area contributed by atoms with E-state index in [2.05, 4.69) is 13.8 Å². The predicted octanol–water partition coefficient (Wildman–Crippen LogP) is 2.67. The van der Waals surface area contributed by atoms with Crippen molar-refractivity contribution in [1.29, 1.82) is 5.41 Å². The van der Waals surface area contributed by atoms with Crippen molar-refractivity contribution in [2.24, 2.45) is 5.73 Å². The van der Waals surface area contributed by atoms with Crippen molar-refractivity contribution in [2.45, 2.75) is 30.8 Å². The monoisotopic (exact) mass is 487 g/mol. The van der Waals surface area contributed by atoms with Crippen LogP contribution in [0.3, 0.4) is 0 Å². The molecule has 10 heteroatoms. The maximum absolute atomic E-state index is 12.9. The topological polar surface area (TPSA) is 120 Å². The second-order valence-corrected chi connectivity index (χ2v) is 10.9. The summed E-state index contributed by atoms with van der Waals surface area (Å²) in [6.45, 7) is 5.79. The zero-order valence-corrected chi connectivity index (χ0v) is 20.9. The maximum atomic E-state index is 12.9. The Labute approximate surface area is 201 Å². The highest BCUT2D eigenvalue weighted by molar-refractivity contribution is 7.89. The van der Waals surface area contributed by atoms with E-state index in [4.69, 9.17) is 15.9 Å². The number of sulfonamides is 1. The van der Waals surface area contributed by atoms with Gasteiger partial charge in [0.15, 0.2) is 0 Å². The van der Waals surface area contributed by atoms with Crippen molar-refractivity contribution >= 4 is 27.6 Å². The van der Waals surface area contributed by atoms with Gasteiger partial charge in [-0.1, -0.05) is 26.0 Å². The molecule has 0 radical (unpaired) electrons. The Bertz CT molecular complexity index is 1120. The van der Waals surface area contributed by atoms with Crippen LogP contribution in [0.1, 0.15) is 30.9 Å². The number of amidine groups is 1. The number of hydrogen-bond acceptors (Lipinski definition) is 6. The van der Waals surface area contributed by atoms with Crippen molar-refractivity contribution < 1.29 is 17.9 Å². The van der Waals surface area contributed by atoms with Crippen LogP contribution in [-0.4, -0.2) is 75.9 Å². The van der Waals surface area contributed by atoms with E-state index in [0.29, 0.717) is 43.3 Å². The number of ether oxygens (including phenoxy) is 1. The van der Waals surface area contributed by atoms with Gasteiger partial charge in [-0.2, -0.15) is 4.31 Å². The molecular formula is C24H33N5O4S. The number of benzene rings is 2. The molecule has 1 heterocycles. The number of carbonyl (C=O) groups is 1. The van der Waals surface area contributed by atoms with Crippen LogP contribution in [0.5, 0.6) is 0 Å². The van der Waals surface area contributed by atoms with E-state index in [1.807, 2.05) is 24.1 Å². The molecule has 3 rings (SSSR count). The highest BCUT2D eigenvalue weighted by atomic mass is 32.2. The van der Waals surface area contributed by atoms with Gasteiger partial charge in [0.1, 0.15) is 11.9 Å². The molecule has 0 aliphatic carbocycles. The highest BCUT2D eigenvalue weighted by Gasteiger charge is 2.33. The highest BCUT2D eigenvalue weighted by Crippen LogP contribution is 2.23. The van der Waals surface area contributed by atoms with Crippen LogP contribution < -0.4 is 10.6 Å². The Morgan fingerprint density at radius 3 is 2.29 bits per heavy atom. The largest absolute Gasteiger partial charge is 0.443 e. The molecule has 2 aromatic carbocycles. The number of carbonyl (C=O) groups excluding carboxylic acids is 1. The molecule has 1 fully saturated rings. The van der Waals surface area contributed by atoms with Crippen LogP contribution in [0.4, 0.5) is 10.5 Å². The Morgan fingerprint density at radius 2 is 1.74 bits per heavy atom. The molecule has 34 heavy (non-hydrogen) atoms. The van der Waals surface area contributed by atoms with Gasteiger partial charge in [0, 0.05) is 37.9 Å². The molecule has 0 spiro atoms. The maximum Gasteiger partial charge on any atom is 0.414 e. The normalized spacial score (nSPS) is 16.5. The third kappa shape index (κ3) is 5.94. The lowest BCUT2D eigenvalue weighted by atomic mass is 10.0. The smallest absolute Gasteiger partial charge is 0.414 e. The van der Waals surface area contributed by atoms with E-state index >= 15 is 0 Å². The third-order valence-corrected chi connectivity index (χ3v) is 7.80. The van der Waals surface area contributed by atoms with Crippen LogP contribution in [0.25, 0.3) is 0 Å². The fraction of sp³-hybridized carbons (Fsp3) is 0.417. The van der Waals surface area contributed by atoms with Gasteiger partial charge in [0.2, 0.25) is 10.0 Å². The van der Waals surface area contributed by atoms with Gasteiger partial charge in [-0.25, -0.2) is 13.2 Å². The summed E-state index contributed by atoms with van der Waals surface area (Å²) in [4.78, 5) is 16.1. The van der Waals surface area contributed by atoms with Crippen LogP contribution >= 0.6 is 0 Å². The first-order chi connectivity index (χ1) is 16.0. The van der Waals surface area contributed by atoms with Crippen LogP contribution in [0.15, 0.2) is 53.4 Å². The number of hydrogen-bond donors (Lipinski definition) is 2. The molecule has 1 aliphatic heterocycles. The Kier molecular flexibility index (Phi) is 7.96. The minimum atomic E-state index is -3.58. The number of nitrogen functional groups attached to an aromatic ring is 1. The predicted molar refractivity (Wildman–Crippen MR) is 133 cm³/mol. The molecule has 1 amide bonds. The molecule has 1 saturated heterocycles. The zero-order valence-electron chi connectivity index (χ0n) is 20.1. The van der Waals surface area contributed by atoms with Crippen molar-refractivity contribution in [3.05, 3.63) is 59.7 Å². The number of nitrogens with zero attached hydrogens (tertiary/aromatic N) is 3. The van der Waals surface area contributed by atoms with Gasteiger partial charge in [0.05, 0.1) is 11.4 Å². The summed E-state index contributed by atoms with van der Waals surface area (Å²) in [6.07, 6.45) is -0.769. The molecule has 0 aromatic heterocycles. The van der Waals surface area contributed by atoms with Crippen molar-refractivity contribution in [3.8, 4) is 0 Å². The second-order valence-electron chi connectivity index (χ2n) is 8.89. The molecule has 1 atom stereocenters. The summed E-state index contributed by atoms with van der Waals surface area (Å²) in [5.74, 6) is 0.304. The molecule has 0 bridgehead atoms. The Balaban J connectivity index is 1.52. The van der Waals surface area contributed by atoms with E-state index in [1.54, 1.807) is 48.3 Å². The van der Waals surface area contributed by atoms with E-state index in [1.165, 1.54) is 4.31 Å². The summed E-state index contributed by atoms with van der Waals surface area (Å²) in [6, 6.07) is 13.9. The van der Waals surface area contributed by atoms with E-state index in [0.717, 1.165) is 5.56 Å². The van der Waals surface area contributed by atoms with Gasteiger partial charge < -0.3 is 15.4 Å². The number of likely N-dealkylation sites (N-methyl/N-ethyl adjacent to an activating group) is 2. The lowest BCUT2D eigenvalue weighted by Crippen LogP contribution is -2.38. The van der Waals surface area contributed by atoms with Crippen LogP contribution in [0, 0.1) is 5.41 Å². The van der Waals surface area contributed by atoms with Gasteiger partial charge in [0.25, 0.3) is 0 Å². The molecule has 0 saturated carbocycles. The molecule has 9 nitrogen and oxygen atoms in total. The first kappa shape index (κ1) is 25.7. The Morgan fingerprint density at radius 1 is 1.12 bits per heavy atom. The fourth-order valence-corrected chi connectivity index (χ4v) is 4.89. The van der Waals surface area contributed by atoms with Crippen LogP contribution in [-0.2, 0) is 14.8 Å². The zero-order chi connectivity index (χ0) is 25.0. The second kappa shape index (κ2) is 10.5.